The maximum absolute atomic E-state index is 13.2. The summed E-state index contributed by atoms with van der Waals surface area (Å²) < 4.78 is 44.0. The van der Waals surface area contributed by atoms with Gasteiger partial charge in [-0.1, -0.05) is 18.2 Å². The van der Waals surface area contributed by atoms with Gasteiger partial charge in [-0.15, -0.1) is 0 Å². The van der Waals surface area contributed by atoms with Gasteiger partial charge in [-0.2, -0.15) is 23.3 Å². The van der Waals surface area contributed by atoms with Gasteiger partial charge in [0.2, 0.25) is 5.89 Å². The van der Waals surface area contributed by atoms with Crippen LogP contribution in [0.5, 0.6) is 0 Å². The van der Waals surface area contributed by atoms with E-state index < -0.39 is 24.1 Å². The van der Waals surface area contributed by atoms with Gasteiger partial charge in [-0.3, -0.25) is 15.0 Å². The maximum atomic E-state index is 13.2. The zero-order chi connectivity index (χ0) is 26.3. The first kappa shape index (κ1) is 23.6. The van der Waals surface area contributed by atoms with Crippen LogP contribution < -0.4 is 5.43 Å². The number of carbonyl (C=O) groups is 1. The van der Waals surface area contributed by atoms with Crippen LogP contribution in [0, 0.1) is 0 Å². The molecule has 1 saturated heterocycles. The van der Waals surface area contributed by atoms with Crippen molar-refractivity contribution in [3.05, 3.63) is 102 Å². The molecule has 4 aromatic rings. The smallest absolute Gasteiger partial charge is 0.433 e. The van der Waals surface area contributed by atoms with Crippen LogP contribution in [-0.4, -0.2) is 43.4 Å². The molecule has 1 atom stereocenters. The largest absolute Gasteiger partial charge is 0.445 e. The van der Waals surface area contributed by atoms with Crippen molar-refractivity contribution in [2.75, 3.05) is 0 Å². The first-order valence-corrected chi connectivity index (χ1v) is 11.5. The van der Waals surface area contributed by atoms with E-state index in [9.17, 15) is 18.0 Å². The maximum Gasteiger partial charge on any atom is 0.433 e. The van der Waals surface area contributed by atoms with Crippen LogP contribution in [-0.2, 0) is 12.7 Å². The van der Waals surface area contributed by atoms with E-state index in [1.807, 2.05) is 36.4 Å². The summed E-state index contributed by atoms with van der Waals surface area (Å²) in [7, 11) is 0. The molecule has 0 saturated carbocycles. The topological polar surface area (TPSA) is 99.8 Å². The third kappa shape index (κ3) is 4.30. The summed E-state index contributed by atoms with van der Waals surface area (Å²) in [5.41, 5.74) is 6.66. The van der Waals surface area contributed by atoms with Crippen LogP contribution in [0.3, 0.4) is 0 Å². The molecule has 5 heterocycles. The SMILES string of the molecule is O=C1N(Cc2ccc(C(F)(F)F)nc2)NC2C(c3ccncc3)=C(c3ccc(-c4ncco4)cc3)C=NN12. The van der Waals surface area contributed by atoms with Crippen LogP contribution in [0.2, 0.25) is 0 Å². The standard InChI is InChI=1S/C26H18F3N7O2/c27-26(28,29)21-6-1-16(13-32-21)15-35-25(37)36-23(34-35)22(18-7-9-30-10-8-18)20(14-33-36)17-2-4-19(5-3-17)24-31-11-12-38-24/h1-14,23,34H,15H2. The molecule has 1 fully saturated rings. The number of oxazole rings is 1. The number of fused-ring (bicyclic) bond motifs is 1. The molecule has 38 heavy (non-hydrogen) atoms. The van der Waals surface area contributed by atoms with Gasteiger partial charge in [0, 0.05) is 35.3 Å². The molecule has 1 aromatic carbocycles. The Bertz CT molecular complexity index is 1520. The minimum Gasteiger partial charge on any atom is -0.445 e. The Morgan fingerprint density at radius 1 is 0.921 bits per heavy atom. The van der Waals surface area contributed by atoms with Crippen LogP contribution in [0.25, 0.3) is 22.6 Å². The number of urea groups is 1. The summed E-state index contributed by atoms with van der Waals surface area (Å²) in [4.78, 5) is 24.9. The molecule has 12 heteroatoms. The highest BCUT2D eigenvalue weighted by Crippen LogP contribution is 2.36. The van der Waals surface area contributed by atoms with Crippen molar-refractivity contribution in [2.45, 2.75) is 18.9 Å². The molecule has 0 radical (unpaired) electrons. The number of amides is 2. The van der Waals surface area contributed by atoms with Crippen molar-refractivity contribution in [2.24, 2.45) is 5.10 Å². The van der Waals surface area contributed by atoms with Gasteiger partial charge in [0.15, 0.2) is 6.17 Å². The molecule has 1 N–H and O–H groups in total. The minimum atomic E-state index is -4.54. The normalized spacial score (nSPS) is 17.3. The Balaban J connectivity index is 1.33. The van der Waals surface area contributed by atoms with Crippen LogP contribution >= 0.6 is 0 Å². The van der Waals surface area contributed by atoms with Gasteiger partial charge in [-0.05, 0) is 47.0 Å². The molecular weight excluding hydrogens is 499 g/mol. The molecule has 190 valence electrons. The first-order valence-electron chi connectivity index (χ1n) is 11.5. The fraction of sp³-hybridized carbons (Fsp3) is 0.115. The number of hydrogen-bond donors (Lipinski definition) is 1. The Morgan fingerprint density at radius 2 is 1.68 bits per heavy atom. The van der Waals surface area contributed by atoms with E-state index in [4.69, 9.17) is 4.42 Å². The van der Waals surface area contributed by atoms with E-state index in [0.29, 0.717) is 11.5 Å². The molecular formula is C26H18F3N7O2. The third-order valence-corrected chi connectivity index (χ3v) is 6.15. The highest BCUT2D eigenvalue weighted by molar-refractivity contribution is 6.21. The van der Waals surface area contributed by atoms with Crippen molar-refractivity contribution in [1.82, 2.24) is 30.4 Å². The number of rotatable bonds is 5. The lowest BCUT2D eigenvalue weighted by Gasteiger charge is -2.27. The highest BCUT2D eigenvalue weighted by Gasteiger charge is 2.42. The Morgan fingerprint density at radius 3 is 2.34 bits per heavy atom. The van der Waals surface area contributed by atoms with Crippen molar-refractivity contribution in [1.29, 1.82) is 0 Å². The van der Waals surface area contributed by atoms with Gasteiger partial charge >= 0.3 is 12.2 Å². The van der Waals surface area contributed by atoms with Crippen LogP contribution in [0.4, 0.5) is 18.0 Å². The Kier molecular flexibility index (Phi) is 5.72. The lowest BCUT2D eigenvalue weighted by molar-refractivity contribution is -0.141. The van der Waals surface area contributed by atoms with Crippen LogP contribution in [0.1, 0.15) is 22.4 Å². The number of aromatic nitrogens is 3. The number of nitrogens with one attached hydrogen (secondary N) is 1. The van der Waals surface area contributed by atoms with E-state index in [0.717, 1.165) is 40.1 Å². The average Bonchev–Trinajstić information content (AvgIpc) is 3.57. The highest BCUT2D eigenvalue weighted by atomic mass is 19.4. The number of hydrazone groups is 1. The summed E-state index contributed by atoms with van der Waals surface area (Å²) in [6.07, 6.45) is 3.93. The predicted octanol–water partition coefficient (Wildman–Crippen LogP) is 4.83. The van der Waals surface area contributed by atoms with Crippen LogP contribution in [0.15, 0.2) is 89.1 Å². The number of hydrogen-bond acceptors (Lipinski definition) is 7. The molecule has 2 amide bonds. The minimum absolute atomic E-state index is 0.00368. The van der Waals surface area contributed by atoms with Gasteiger partial charge < -0.3 is 4.42 Å². The van der Waals surface area contributed by atoms with Gasteiger partial charge in [-0.25, -0.2) is 15.2 Å². The monoisotopic (exact) mass is 517 g/mol. The number of halogens is 3. The molecule has 6 rings (SSSR count). The number of benzene rings is 1. The second-order valence-electron chi connectivity index (χ2n) is 8.52. The van der Waals surface area contributed by atoms with E-state index in [-0.39, 0.29) is 6.54 Å². The number of nitrogens with zero attached hydrogens (tertiary/aromatic N) is 6. The van der Waals surface area contributed by atoms with E-state index in [1.54, 1.807) is 24.8 Å². The average molecular weight is 517 g/mol. The fourth-order valence-corrected chi connectivity index (χ4v) is 4.35. The molecule has 9 nitrogen and oxygen atoms in total. The van der Waals surface area contributed by atoms with E-state index >= 15 is 0 Å². The third-order valence-electron chi connectivity index (χ3n) is 6.15. The van der Waals surface area contributed by atoms with Crippen molar-refractivity contribution in [3.8, 4) is 11.5 Å². The summed E-state index contributed by atoms with van der Waals surface area (Å²) in [6, 6.07) is 13.0. The van der Waals surface area contributed by atoms with Gasteiger partial charge in [0.05, 0.1) is 19.0 Å². The van der Waals surface area contributed by atoms with E-state index in [2.05, 4.69) is 25.5 Å². The van der Waals surface area contributed by atoms with Crippen molar-refractivity contribution < 1.29 is 22.4 Å². The molecule has 0 aliphatic carbocycles. The first-order chi connectivity index (χ1) is 18.4. The molecule has 1 unspecified atom stereocenters. The van der Waals surface area contributed by atoms with Crippen molar-refractivity contribution in [3.63, 3.8) is 0 Å². The van der Waals surface area contributed by atoms with Crippen molar-refractivity contribution >= 4 is 23.4 Å². The Labute approximate surface area is 213 Å². The predicted molar refractivity (Wildman–Crippen MR) is 130 cm³/mol. The summed E-state index contributed by atoms with van der Waals surface area (Å²) in [5, 5.41) is 7.01. The summed E-state index contributed by atoms with van der Waals surface area (Å²) in [5.74, 6) is 0.500. The lowest BCUT2D eigenvalue weighted by Crippen LogP contribution is -2.39. The molecule has 0 bridgehead atoms. The Hall–Kier alpha value is -4.84. The quantitative estimate of drug-likeness (QED) is 0.407. The number of allylic oxidation sites excluding steroid dienone is 1. The number of carbonyl (C=O) groups excluding carboxylic acids is 1. The molecule has 2 aliphatic heterocycles. The lowest BCUT2D eigenvalue weighted by atomic mass is 9.92. The number of alkyl halides is 3. The zero-order valence-electron chi connectivity index (χ0n) is 19.5. The summed E-state index contributed by atoms with van der Waals surface area (Å²) in [6.45, 7) is -0.00368. The second-order valence-corrected chi connectivity index (χ2v) is 8.52. The van der Waals surface area contributed by atoms with Gasteiger partial charge in [0.25, 0.3) is 0 Å². The molecule has 2 aliphatic rings. The van der Waals surface area contributed by atoms with E-state index in [1.165, 1.54) is 22.3 Å². The second kappa shape index (κ2) is 9.23. The summed E-state index contributed by atoms with van der Waals surface area (Å²) >= 11 is 0. The fourth-order valence-electron chi connectivity index (χ4n) is 4.35. The zero-order valence-corrected chi connectivity index (χ0v) is 19.5. The number of pyridine rings is 2. The van der Waals surface area contributed by atoms with Gasteiger partial charge in [0.1, 0.15) is 12.0 Å². The number of hydrazine groups is 1. The molecule has 3 aromatic heterocycles. The molecule has 0 spiro atoms.